The molecule has 0 bridgehead atoms. The topological polar surface area (TPSA) is 92.8 Å². The summed E-state index contributed by atoms with van der Waals surface area (Å²) in [4.78, 5) is 51.6. The van der Waals surface area contributed by atoms with Crippen molar-refractivity contribution in [2.75, 3.05) is 18.5 Å². The minimum atomic E-state index is -0.505. The predicted octanol–water partition coefficient (Wildman–Crippen LogP) is 2.43. The van der Waals surface area contributed by atoms with Crippen LogP contribution in [-0.2, 0) is 19.1 Å². The number of hydrogen-bond donors (Lipinski definition) is 1. The average molecular weight is 390 g/mol. The maximum absolute atomic E-state index is 12.5. The Balaban J connectivity index is 1.74. The summed E-state index contributed by atoms with van der Waals surface area (Å²) < 4.78 is 5.07. The molecule has 1 aromatic heterocycles. The molecule has 0 radical (unpaired) electrons. The van der Waals surface area contributed by atoms with Gasteiger partial charge in [-0.3, -0.25) is 19.3 Å². The van der Waals surface area contributed by atoms with E-state index in [2.05, 4.69) is 5.32 Å². The molecule has 1 aliphatic carbocycles. The number of amides is 3. The fourth-order valence-corrected chi connectivity index (χ4v) is 4.56. The molecular formula is C19H22N2O5S. The zero-order valence-corrected chi connectivity index (χ0v) is 16.4. The van der Waals surface area contributed by atoms with Crippen LogP contribution in [0.25, 0.3) is 0 Å². The minimum absolute atomic E-state index is 0.230. The Morgan fingerprint density at radius 1 is 1.19 bits per heavy atom. The highest BCUT2D eigenvalue weighted by Crippen LogP contribution is 2.36. The van der Waals surface area contributed by atoms with Crippen LogP contribution in [0.3, 0.4) is 0 Å². The first-order valence-electron chi connectivity index (χ1n) is 8.92. The van der Waals surface area contributed by atoms with Gasteiger partial charge in [-0.15, -0.1) is 11.3 Å². The summed E-state index contributed by atoms with van der Waals surface area (Å²) >= 11 is 1.27. The molecule has 1 aliphatic heterocycles. The third kappa shape index (κ3) is 3.53. The Labute approximate surface area is 161 Å². The first-order chi connectivity index (χ1) is 12.8. The van der Waals surface area contributed by atoms with Crippen molar-refractivity contribution >= 4 is 40.0 Å². The number of fused-ring (bicyclic) bond motifs is 1. The van der Waals surface area contributed by atoms with Gasteiger partial charge in [-0.05, 0) is 39.2 Å². The monoisotopic (exact) mass is 390 g/mol. The normalized spacial score (nSPS) is 21.4. The van der Waals surface area contributed by atoms with E-state index in [4.69, 9.17) is 4.74 Å². The number of ether oxygens (including phenoxy) is 1. The van der Waals surface area contributed by atoms with E-state index in [1.807, 2.05) is 19.1 Å². The fraction of sp³-hybridized carbons (Fsp3) is 0.474. The number of likely N-dealkylation sites (tertiary alicyclic amines) is 1. The zero-order chi connectivity index (χ0) is 19.7. The molecule has 2 unspecified atom stereocenters. The van der Waals surface area contributed by atoms with Crippen LogP contribution in [-0.4, -0.2) is 41.7 Å². The number of nitrogens with zero attached hydrogens (tertiary/aromatic N) is 1. The number of carbonyl (C=O) groups excluding carboxylic acids is 4. The van der Waals surface area contributed by atoms with Gasteiger partial charge < -0.3 is 10.1 Å². The molecule has 0 saturated carbocycles. The molecule has 8 heteroatoms. The summed E-state index contributed by atoms with van der Waals surface area (Å²) in [6.07, 6.45) is 4.87. The van der Waals surface area contributed by atoms with Crippen LogP contribution < -0.4 is 5.32 Å². The molecule has 27 heavy (non-hydrogen) atoms. The number of aryl methyl sites for hydroxylation is 1. The van der Waals surface area contributed by atoms with Crippen molar-refractivity contribution in [2.24, 2.45) is 11.8 Å². The summed E-state index contributed by atoms with van der Waals surface area (Å²) in [5, 5.41) is 3.06. The number of rotatable bonds is 5. The third-order valence-corrected chi connectivity index (χ3v) is 6.14. The van der Waals surface area contributed by atoms with E-state index in [1.54, 1.807) is 13.8 Å². The first-order valence-corrected chi connectivity index (χ1v) is 9.74. The maximum atomic E-state index is 12.5. The van der Waals surface area contributed by atoms with Crippen molar-refractivity contribution in [1.82, 2.24) is 4.90 Å². The smallest absolute Gasteiger partial charge is 0.341 e. The highest BCUT2D eigenvalue weighted by Gasteiger charge is 2.47. The summed E-state index contributed by atoms with van der Waals surface area (Å²) in [6.45, 7) is 5.24. The van der Waals surface area contributed by atoms with E-state index >= 15 is 0 Å². The van der Waals surface area contributed by atoms with Crippen molar-refractivity contribution in [3.8, 4) is 0 Å². The second-order valence-corrected chi connectivity index (χ2v) is 7.90. The van der Waals surface area contributed by atoms with Crippen LogP contribution in [0, 0.1) is 25.7 Å². The second kappa shape index (κ2) is 7.64. The molecule has 7 nitrogen and oxygen atoms in total. The Kier molecular flexibility index (Phi) is 5.46. The molecule has 3 amide bonds. The standard InChI is InChI=1S/C19H22N2O5S/c1-4-26-19(25)15-10(2)11(3)27-16(15)20-14(22)9-21-17(23)12-7-5-6-8-13(12)18(21)24/h5-6,12-13H,4,7-9H2,1-3H3,(H,20,22). The van der Waals surface area contributed by atoms with Gasteiger partial charge >= 0.3 is 5.97 Å². The Hall–Kier alpha value is -2.48. The van der Waals surface area contributed by atoms with E-state index in [9.17, 15) is 19.2 Å². The maximum Gasteiger partial charge on any atom is 0.341 e. The molecule has 1 fully saturated rings. The Morgan fingerprint density at radius 2 is 1.78 bits per heavy atom. The number of allylic oxidation sites excluding steroid dienone is 2. The van der Waals surface area contributed by atoms with Crippen LogP contribution in [0.4, 0.5) is 5.00 Å². The van der Waals surface area contributed by atoms with Gasteiger partial charge in [0.25, 0.3) is 0 Å². The Bertz CT molecular complexity index is 815. The van der Waals surface area contributed by atoms with Crippen molar-refractivity contribution in [3.63, 3.8) is 0 Å². The molecule has 2 aliphatic rings. The Morgan fingerprint density at radius 3 is 2.33 bits per heavy atom. The lowest BCUT2D eigenvalue weighted by Crippen LogP contribution is -2.38. The van der Waals surface area contributed by atoms with Gasteiger partial charge in [-0.25, -0.2) is 4.79 Å². The molecule has 3 rings (SSSR count). The number of imide groups is 1. The van der Waals surface area contributed by atoms with Gasteiger partial charge in [0, 0.05) is 4.88 Å². The molecule has 2 atom stereocenters. The van der Waals surface area contributed by atoms with E-state index in [1.165, 1.54) is 11.3 Å². The quantitative estimate of drug-likeness (QED) is 0.474. The number of hydrogen-bond acceptors (Lipinski definition) is 6. The van der Waals surface area contributed by atoms with E-state index in [0.717, 1.165) is 15.3 Å². The van der Waals surface area contributed by atoms with Gasteiger partial charge in [-0.2, -0.15) is 0 Å². The van der Waals surface area contributed by atoms with Crippen LogP contribution in [0.2, 0.25) is 0 Å². The van der Waals surface area contributed by atoms with Crippen LogP contribution in [0.5, 0.6) is 0 Å². The summed E-state index contributed by atoms with van der Waals surface area (Å²) in [7, 11) is 0. The van der Waals surface area contributed by atoms with E-state index in [-0.39, 0.29) is 36.8 Å². The first kappa shape index (κ1) is 19.3. The third-order valence-electron chi connectivity index (χ3n) is 5.02. The summed E-state index contributed by atoms with van der Waals surface area (Å²) in [5.74, 6) is -2.33. The summed E-state index contributed by atoms with van der Waals surface area (Å²) in [6, 6.07) is 0. The van der Waals surface area contributed by atoms with Crippen molar-refractivity contribution in [2.45, 2.75) is 33.6 Å². The highest BCUT2D eigenvalue weighted by molar-refractivity contribution is 7.16. The van der Waals surface area contributed by atoms with Gasteiger partial charge in [0.05, 0.1) is 24.0 Å². The molecule has 144 valence electrons. The largest absolute Gasteiger partial charge is 0.462 e. The molecule has 1 aromatic rings. The molecule has 0 spiro atoms. The second-order valence-electron chi connectivity index (χ2n) is 6.67. The van der Waals surface area contributed by atoms with E-state index in [0.29, 0.717) is 23.4 Å². The number of nitrogens with one attached hydrogen (secondary N) is 1. The van der Waals surface area contributed by atoms with Gasteiger partial charge in [0.1, 0.15) is 11.5 Å². The number of esters is 1. The fourth-order valence-electron chi connectivity index (χ4n) is 3.50. The average Bonchev–Trinajstić information content (AvgIpc) is 3.04. The molecule has 2 heterocycles. The highest BCUT2D eigenvalue weighted by atomic mass is 32.1. The van der Waals surface area contributed by atoms with Crippen LogP contribution >= 0.6 is 11.3 Å². The minimum Gasteiger partial charge on any atom is -0.462 e. The molecule has 1 saturated heterocycles. The van der Waals surface area contributed by atoms with Gasteiger partial charge in [0.2, 0.25) is 17.7 Å². The van der Waals surface area contributed by atoms with Crippen LogP contribution in [0.1, 0.15) is 40.6 Å². The van der Waals surface area contributed by atoms with E-state index < -0.39 is 11.9 Å². The molecule has 0 aromatic carbocycles. The van der Waals surface area contributed by atoms with Crippen molar-refractivity contribution in [3.05, 3.63) is 28.2 Å². The number of anilines is 1. The zero-order valence-electron chi connectivity index (χ0n) is 15.5. The van der Waals surface area contributed by atoms with Crippen molar-refractivity contribution in [1.29, 1.82) is 0 Å². The number of thiophene rings is 1. The SMILES string of the molecule is CCOC(=O)c1c(NC(=O)CN2C(=O)C3CC=CCC3C2=O)sc(C)c1C. The molecular weight excluding hydrogens is 368 g/mol. The van der Waals surface area contributed by atoms with Crippen LogP contribution in [0.15, 0.2) is 12.2 Å². The van der Waals surface area contributed by atoms with Gasteiger partial charge in [0.15, 0.2) is 0 Å². The number of carbonyl (C=O) groups is 4. The summed E-state index contributed by atoms with van der Waals surface area (Å²) in [5.41, 5.74) is 1.07. The van der Waals surface area contributed by atoms with Crippen molar-refractivity contribution < 1.29 is 23.9 Å². The molecule has 1 N–H and O–H groups in total. The van der Waals surface area contributed by atoms with Gasteiger partial charge in [-0.1, -0.05) is 12.2 Å². The lowest BCUT2D eigenvalue weighted by molar-refractivity contribution is -0.142. The lowest BCUT2D eigenvalue weighted by atomic mass is 9.85. The predicted molar refractivity (Wildman–Crippen MR) is 100 cm³/mol. The lowest BCUT2D eigenvalue weighted by Gasteiger charge is -2.14.